The van der Waals surface area contributed by atoms with Crippen molar-refractivity contribution >= 4 is 34.9 Å². The first kappa shape index (κ1) is 22.2. The third kappa shape index (κ3) is 6.23. The second-order valence-corrected chi connectivity index (χ2v) is 7.32. The van der Waals surface area contributed by atoms with Gasteiger partial charge >= 0.3 is 5.97 Å². The van der Waals surface area contributed by atoms with Crippen molar-refractivity contribution in [3.8, 4) is 0 Å². The van der Waals surface area contributed by atoms with Crippen LogP contribution in [0.1, 0.15) is 40.7 Å². The molecular formula is C25H24N2O3S. The van der Waals surface area contributed by atoms with Gasteiger partial charge in [-0.15, -0.1) is 0 Å². The lowest BCUT2D eigenvalue weighted by Gasteiger charge is -2.18. The number of ether oxygens (including phenoxy) is 1. The first-order valence-corrected chi connectivity index (χ1v) is 10.5. The van der Waals surface area contributed by atoms with Crippen LogP contribution in [-0.2, 0) is 9.53 Å². The Morgan fingerprint density at radius 1 is 0.871 bits per heavy atom. The number of benzene rings is 3. The number of hydrogen-bond acceptors (Lipinski definition) is 4. The van der Waals surface area contributed by atoms with E-state index in [2.05, 4.69) is 10.6 Å². The highest BCUT2D eigenvalue weighted by Gasteiger charge is 2.23. The van der Waals surface area contributed by atoms with Crippen molar-refractivity contribution in [2.75, 3.05) is 11.9 Å². The Balaban J connectivity index is 1.67. The highest BCUT2D eigenvalue weighted by atomic mass is 32.1. The third-order valence-electron chi connectivity index (χ3n) is 4.58. The molecule has 0 aliphatic heterocycles. The van der Waals surface area contributed by atoms with Crippen LogP contribution >= 0.6 is 12.2 Å². The molecule has 1 amide bonds. The van der Waals surface area contributed by atoms with E-state index in [-0.39, 0.29) is 17.0 Å². The quantitative estimate of drug-likeness (QED) is 0.411. The Morgan fingerprint density at radius 2 is 1.42 bits per heavy atom. The van der Waals surface area contributed by atoms with E-state index in [0.717, 1.165) is 17.5 Å². The fourth-order valence-electron chi connectivity index (χ4n) is 3.10. The highest BCUT2D eigenvalue weighted by Crippen LogP contribution is 2.24. The summed E-state index contributed by atoms with van der Waals surface area (Å²) in [5.74, 6) is -1.08. The summed E-state index contributed by atoms with van der Waals surface area (Å²) in [4.78, 5) is 25.0. The Hall–Kier alpha value is -3.51. The fourth-order valence-corrected chi connectivity index (χ4v) is 3.32. The molecule has 0 unspecified atom stereocenters. The van der Waals surface area contributed by atoms with Gasteiger partial charge in [0.15, 0.2) is 5.11 Å². The van der Waals surface area contributed by atoms with Crippen molar-refractivity contribution < 1.29 is 14.3 Å². The lowest BCUT2D eigenvalue weighted by atomic mass is 9.90. The minimum absolute atomic E-state index is 0.183. The SMILES string of the molecule is CCCOC(=O)c1ccc(NC(=S)NC(=O)C(c2ccccc2)c2ccccc2)cc1. The summed E-state index contributed by atoms with van der Waals surface area (Å²) in [6.45, 7) is 2.33. The van der Waals surface area contributed by atoms with Gasteiger partial charge in [0.05, 0.1) is 18.1 Å². The molecule has 0 aromatic heterocycles. The van der Waals surface area contributed by atoms with E-state index in [9.17, 15) is 9.59 Å². The normalized spacial score (nSPS) is 10.4. The predicted octanol–water partition coefficient (Wildman–Crippen LogP) is 4.90. The summed E-state index contributed by atoms with van der Waals surface area (Å²) in [6, 6.07) is 25.9. The van der Waals surface area contributed by atoms with Crippen LogP contribution in [0.2, 0.25) is 0 Å². The summed E-state index contributed by atoms with van der Waals surface area (Å²) in [5, 5.41) is 5.95. The Morgan fingerprint density at radius 3 is 1.94 bits per heavy atom. The van der Waals surface area contributed by atoms with Crippen LogP contribution in [0.3, 0.4) is 0 Å². The van der Waals surface area contributed by atoms with Gasteiger partial charge < -0.3 is 15.4 Å². The van der Waals surface area contributed by atoms with Crippen LogP contribution in [-0.4, -0.2) is 23.6 Å². The molecule has 31 heavy (non-hydrogen) atoms. The molecule has 6 heteroatoms. The average molecular weight is 433 g/mol. The van der Waals surface area contributed by atoms with Crippen LogP contribution in [0.25, 0.3) is 0 Å². The maximum absolute atomic E-state index is 13.1. The Bertz CT molecular complexity index is 982. The smallest absolute Gasteiger partial charge is 0.338 e. The minimum atomic E-state index is -0.488. The van der Waals surface area contributed by atoms with Crippen LogP contribution < -0.4 is 10.6 Å². The lowest BCUT2D eigenvalue weighted by Crippen LogP contribution is -2.37. The third-order valence-corrected chi connectivity index (χ3v) is 4.78. The number of esters is 1. The number of amides is 1. The average Bonchev–Trinajstić information content (AvgIpc) is 2.79. The second kappa shape index (κ2) is 11.0. The summed E-state index contributed by atoms with van der Waals surface area (Å²) in [5.41, 5.74) is 2.88. The molecule has 5 nitrogen and oxygen atoms in total. The summed E-state index contributed by atoms with van der Waals surface area (Å²) < 4.78 is 5.12. The molecule has 0 bridgehead atoms. The zero-order chi connectivity index (χ0) is 22.1. The first-order chi connectivity index (χ1) is 15.1. The molecule has 3 aromatic carbocycles. The molecular weight excluding hydrogens is 408 g/mol. The van der Waals surface area contributed by atoms with Gasteiger partial charge in [0.25, 0.3) is 0 Å². The van der Waals surface area contributed by atoms with E-state index in [0.29, 0.717) is 17.9 Å². The number of nitrogens with one attached hydrogen (secondary N) is 2. The van der Waals surface area contributed by atoms with Crippen LogP contribution in [0.4, 0.5) is 5.69 Å². The lowest BCUT2D eigenvalue weighted by molar-refractivity contribution is -0.120. The van der Waals surface area contributed by atoms with Crippen molar-refractivity contribution in [1.82, 2.24) is 5.32 Å². The fraction of sp³-hybridized carbons (Fsp3) is 0.160. The molecule has 3 rings (SSSR count). The largest absolute Gasteiger partial charge is 0.462 e. The molecule has 0 saturated heterocycles. The van der Waals surface area contributed by atoms with Gasteiger partial charge in [0, 0.05) is 5.69 Å². The highest BCUT2D eigenvalue weighted by molar-refractivity contribution is 7.80. The van der Waals surface area contributed by atoms with Gasteiger partial charge in [-0.2, -0.15) is 0 Å². The van der Waals surface area contributed by atoms with E-state index in [1.54, 1.807) is 24.3 Å². The maximum atomic E-state index is 13.1. The number of hydrogen-bond donors (Lipinski definition) is 2. The van der Waals surface area contributed by atoms with E-state index < -0.39 is 5.92 Å². The molecule has 0 atom stereocenters. The maximum Gasteiger partial charge on any atom is 0.338 e. The van der Waals surface area contributed by atoms with Crippen LogP contribution in [0, 0.1) is 0 Å². The van der Waals surface area contributed by atoms with Crippen LogP contribution in [0.5, 0.6) is 0 Å². The predicted molar refractivity (Wildman–Crippen MR) is 126 cm³/mol. The van der Waals surface area contributed by atoms with Crippen molar-refractivity contribution in [2.45, 2.75) is 19.3 Å². The molecule has 0 aliphatic carbocycles. The van der Waals surface area contributed by atoms with Crippen molar-refractivity contribution in [3.05, 3.63) is 102 Å². The van der Waals surface area contributed by atoms with Gasteiger partial charge in [-0.25, -0.2) is 4.79 Å². The van der Waals surface area contributed by atoms with Gasteiger partial charge in [0.1, 0.15) is 0 Å². The standard InChI is InChI=1S/C25H24N2O3S/c1-2-17-30-24(29)20-13-15-21(16-14-20)26-25(31)27-23(28)22(18-9-5-3-6-10-18)19-11-7-4-8-12-19/h3-16,22H,2,17H2,1H3,(H2,26,27,28,31). The molecule has 0 spiro atoms. The molecule has 0 fully saturated rings. The van der Waals surface area contributed by atoms with Gasteiger partial charge in [0.2, 0.25) is 5.91 Å². The van der Waals surface area contributed by atoms with Crippen molar-refractivity contribution in [3.63, 3.8) is 0 Å². The van der Waals surface area contributed by atoms with Gasteiger partial charge in [-0.05, 0) is 54.0 Å². The monoisotopic (exact) mass is 432 g/mol. The van der Waals surface area contributed by atoms with Gasteiger partial charge in [-0.1, -0.05) is 67.6 Å². The molecule has 158 valence electrons. The zero-order valence-electron chi connectivity index (χ0n) is 17.2. The molecule has 0 saturated carbocycles. The first-order valence-electron chi connectivity index (χ1n) is 10.1. The summed E-state index contributed by atoms with van der Waals surface area (Å²) in [6.07, 6.45) is 0.770. The molecule has 2 N–H and O–H groups in total. The molecule has 3 aromatic rings. The number of anilines is 1. The number of carbonyl (C=O) groups excluding carboxylic acids is 2. The number of carbonyl (C=O) groups is 2. The van der Waals surface area contributed by atoms with Crippen molar-refractivity contribution in [2.24, 2.45) is 0 Å². The molecule has 0 radical (unpaired) electrons. The topological polar surface area (TPSA) is 67.4 Å². The van der Waals surface area contributed by atoms with Crippen LogP contribution in [0.15, 0.2) is 84.9 Å². The summed E-state index contributed by atoms with van der Waals surface area (Å²) >= 11 is 5.34. The minimum Gasteiger partial charge on any atom is -0.462 e. The van der Waals surface area contributed by atoms with E-state index in [1.165, 1.54) is 0 Å². The number of rotatable bonds is 7. The van der Waals surface area contributed by atoms with Gasteiger partial charge in [-0.3, -0.25) is 4.79 Å². The second-order valence-electron chi connectivity index (χ2n) is 6.91. The zero-order valence-corrected chi connectivity index (χ0v) is 18.0. The van der Waals surface area contributed by atoms with E-state index >= 15 is 0 Å². The van der Waals surface area contributed by atoms with Crippen molar-refractivity contribution in [1.29, 1.82) is 0 Å². The molecule has 0 aliphatic rings. The Kier molecular flexibility index (Phi) is 7.90. The van der Waals surface area contributed by atoms with E-state index in [4.69, 9.17) is 17.0 Å². The molecule has 0 heterocycles. The summed E-state index contributed by atoms with van der Waals surface area (Å²) in [7, 11) is 0. The number of thiocarbonyl (C=S) groups is 1. The Labute approximate surface area is 187 Å². The van der Waals surface area contributed by atoms with E-state index in [1.807, 2.05) is 67.6 Å².